The van der Waals surface area contributed by atoms with Gasteiger partial charge in [-0.1, -0.05) is 0 Å². The van der Waals surface area contributed by atoms with Crippen LogP contribution in [-0.4, -0.2) is 7.25 Å². The Morgan fingerprint density at radius 3 is 1.22 bits per heavy atom. The molecule has 0 amide bonds. The predicted octanol–water partition coefficient (Wildman–Crippen LogP) is 1.83. The Kier molecular flexibility index (Phi) is 14.1. The van der Waals surface area contributed by atoms with Crippen LogP contribution in [0.5, 0.6) is 0 Å². The maximum Gasteiger partial charge on any atom is 0.673 e. The Bertz CT molecular complexity index is 79.5. The molecule has 0 saturated heterocycles. The molecule has 0 spiro atoms. The van der Waals surface area contributed by atoms with Crippen molar-refractivity contribution >= 4 is 7.25 Å². The van der Waals surface area contributed by atoms with Crippen molar-refractivity contribution in [3.8, 4) is 6.07 Å². The Morgan fingerprint density at radius 2 is 1.22 bits per heavy atom. The minimum atomic E-state index is -6.00. The summed E-state index contributed by atoms with van der Waals surface area (Å²) in [7, 11) is -6.00. The number of hydrogen-bond acceptors (Lipinski definition) is 1. The zero-order chi connectivity index (χ0) is 7.21. The quantitative estimate of drug-likeness (QED) is 0.493. The Labute approximate surface area is 63.5 Å². The third-order valence-corrected chi connectivity index (χ3v) is 0. The summed E-state index contributed by atoms with van der Waals surface area (Å²) in [6.45, 7) is 1.43. The summed E-state index contributed by atoms with van der Waals surface area (Å²) < 4.78 is 39.0. The van der Waals surface area contributed by atoms with E-state index in [2.05, 4.69) is 0 Å². The first-order valence-corrected chi connectivity index (χ1v) is 1.60. The minimum Gasteiger partial charge on any atom is -0.418 e. The van der Waals surface area contributed by atoms with Gasteiger partial charge >= 0.3 is 7.25 Å². The number of nitriles is 1. The molecule has 0 saturated carbocycles. The number of halogens is 4. The van der Waals surface area contributed by atoms with Crippen LogP contribution >= 0.6 is 0 Å². The molecule has 0 aromatic carbocycles. The van der Waals surface area contributed by atoms with Crippen molar-refractivity contribution in [3.05, 3.63) is 0 Å². The van der Waals surface area contributed by atoms with Crippen LogP contribution in [0.15, 0.2) is 0 Å². The molecule has 0 aromatic heterocycles. The molecule has 0 fully saturated rings. The largest absolute Gasteiger partial charge is 0.673 e. The summed E-state index contributed by atoms with van der Waals surface area (Å²) in [5, 5.41) is 7.32. The summed E-state index contributed by atoms with van der Waals surface area (Å²) in [6, 6.07) is 1.75. The van der Waals surface area contributed by atoms with Gasteiger partial charge in [0.15, 0.2) is 0 Å². The van der Waals surface area contributed by atoms with Crippen LogP contribution in [0, 0.1) is 11.3 Å². The first kappa shape index (κ1) is 16.0. The van der Waals surface area contributed by atoms with Gasteiger partial charge in [-0.2, -0.15) is 5.26 Å². The normalized spacial score (nSPS) is 7.56. The summed E-state index contributed by atoms with van der Waals surface area (Å²) in [5.41, 5.74) is 0. The molecule has 0 aliphatic heterocycles. The molecule has 0 heterocycles. The molecule has 1 radical (unpaired) electrons. The summed E-state index contributed by atoms with van der Waals surface area (Å²) in [5.74, 6) is 0. The van der Waals surface area contributed by atoms with Crippen LogP contribution in [0.3, 0.4) is 0 Å². The second-order valence-electron chi connectivity index (χ2n) is 0.718. The predicted molar refractivity (Wildman–Crippen MR) is 21.5 cm³/mol. The van der Waals surface area contributed by atoms with Crippen LogP contribution in [0.1, 0.15) is 6.92 Å². The van der Waals surface area contributed by atoms with Crippen molar-refractivity contribution in [1.82, 2.24) is 0 Å². The fraction of sp³-hybridized carbons (Fsp3) is 0.500. The van der Waals surface area contributed by atoms with Crippen molar-refractivity contribution in [1.29, 1.82) is 5.26 Å². The molecule has 9 heavy (non-hydrogen) atoms. The van der Waals surface area contributed by atoms with Gasteiger partial charge in [-0.3, -0.25) is 0 Å². The van der Waals surface area contributed by atoms with E-state index in [0.29, 0.717) is 0 Å². The average molecular weight is 320 g/mol. The van der Waals surface area contributed by atoms with E-state index in [4.69, 9.17) is 5.26 Å². The fourth-order valence-electron chi connectivity index (χ4n) is 0. The molecule has 0 N–H and O–H groups in total. The molecule has 7 heteroatoms. The number of hydrogen-bond donors (Lipinski definition) is 0. The monoisotopic (exact) mass is 321 g/mol. The first-order chi connectivity index (χ1) is 3.41. The SMILES string of the molecule is CC#N.F[B-](F)(F)F.[Ir]. The van der Waals surface area contributed by atoms with Crippen molar-refractivity contribution in [3.63, 3.8) is 0 Å². The summed E-state index contributed by atoms with van der Waals surface area (Å²) >= 11 is 0. The van der Waals surface area contributed by atoms with Gasteiger partial charge < -0.3 is 17.3 Å². The van der Waals surface area contributed by atoms with Gasteiger partial charge in [0.2, 0.25) is 0 Å². The van der Waals surface area contributed by atoms with E-state index >= 15 is 0 Å². The van der Waals surface area contributed by atoms with Gasteiger partial charge in [0.25, 0.3) is 0 Å². The van der Waals surface area contributed by atoms with Crippen molar-refractivity contribution in [2.45, 2.75) is 6.92 Å². The molecule has 1 nitrogen and oxygen atoms in total. The third-order valence-electron chi connectivity index (χ3n) is 0. The van der Waals surface area contributed by atoms with E-state index in [-0.39, 0.29) is 20.1 Å². The van der Waals surface area contributed by atoms with Gasteiger partial charge in [-0.05, 0) is 0 Å². The molecule has 0 aliphatic carbocycles. The van der Waals surface area contributed by atoms with Gasteiger partial charge in [0.05, 0.1) is 6.07 Å². The topological polar surface area (TPSA) is 23.8 Å². The molecular formula is C2H3BF4IrN-. The third kappa shape index (κ3) is 48500. The van der Waals surface area contributed by atoms with Crippen molar-refractivity contribution < 1.29 is 37.4 Å². The van der Waals surface area contributed by atoms with Gasteiger partial charge in [-0.15, -0.1) is 0 Å². The maximum absolute atomic E-state index is 9.75. The van der Waals surface area contributed by atoms with E-state index in [9.17, 15) is 17.3 Å². The first-order valence-electron chi connectivity index (χ1n) is 1.60. The molecule has 0 bridgehead atoms. The number of rotatable bonds is 0. The zero-order valence-electron chi connectivity index (χ0n) is 4.37. The molecule has 0 rings (SSSR count). The van der Waals surface area contributed by atoms with E-state index in [1.165, 1.54) is 6.92 Å². The van der Waals surface area contributed by atoms with E-state index in [0.717, 1.165) is 0 Å². The average Bonchev–Trinajstić information content (AvgIpc) is 1.27. The van der Waals surface area contributed by atoms with Crippen LogP contribution in [0.25, 0.3) is 0 Å². The van der Waals surface area contributed by atoms with E-state index in [1.807, 2.05) is 0 Å². The Balaban J connectivity index is -0.0000000800. The second kappa shape index (κ2) is 7.92. The van der Waals surface area contributed by atoms with E-state index < -0.39 is 7.25 Å². The summed E-state index contributed by atoms with van der Waals surface area (Å²) in [4.78, 5) is 0. The summed E-state index contributed by atoms with van der Waals surface area (Å²) in [6.07, 6.45) is 0. The van der Waals surface area contributed by atoms with Crippen LogP contribution in [0.2, 0.25) is 0 Å². The van der Waals surface area contributed by atoms with Crippen LogP contribution in [0.4, 0.5) is 17.3 Å². The fourth-order valence-corrected chi connectivity index (χ4v) is 0. The maximum atomic E-state index is 9.75. The van der Waals surface area contributed by atoms with Crippen molar-refractivity contribution in [2.24, 2.45) is 0 Å². The molecule has 0 aromatic rings. The number of nitrogens with zero attached hydrogens (tertiary/aromatic N) is 1. The van der Waals surface area contributed by atoms with Crippen LogP contribution in [-0.2, 0) is 20.1 Å². The second-order valence-corrected chi connectivity index (χ2v) is 0.718. The molecule has 57 valence electrons. The zero-order valence-corrected chi connectivity index (χ0v) is 6.76. The van der Waals surface area contributed by atoms with Crippen LogP contribution < -0.4 is 0 Å². The standard InChI is InChI=1S/C2H3N.BF4.Ir/c1-2-3;2-1(3,4)5;/h1H3;;/q;-1;. The Morgan fingerprint density at radius 1 is 1.22 bits per heavy atom. The molecular weight excluding hydrogens is 317 g/mol. The molecule has 0 unspecified atom stereocenters. The Hall–Kier alpha value is -0.0757. The van der Waals surface area contributed by atoms with Gasteiger partial charge in [0.1, 0.15) is 0 Å². The minimum absolute atomic E-state index is 0. The van der Waals surface area contributed by atoms with E-state index in [1.54, 1.807) is 6.07 Å². The van der Waals surface area contributed by atoms with Gasteiger partial charge in [-0.25, -0.2) is 0 Å². The van der Waals surface area contributed by atoms with Crippen molar-refractivity contribution in [2.75, 3.05) is 0 Å². The molecule has 0 aliphatic rings. The van der Waals surface area contributed by atoms with Gasteiger partial charge in [0, 0.05) is 27.0 Å². The smallest absolute Gasteiger partial charge is 0.418 e. The molecule has 0 atom stereocenters.